The average molecular weight is 369 g/mol. The van der Waals surface area contributed by atoms with E-state index in [1.807, 2.05) is 38.1 Å². The van der Waals surface area contributed by atoms with Crippen molar-refractivity contribution >= 4 is 28.7 Å². The Bertz CT molecular complexity index is 773. The first-order valence-electron chi connectivity index (χ1n) is 9.17. The zero-order valence-corrected chi connectivity index (χ0v) is 17.4. The van der Waals surface area contributed by atoms with Gasteiger partial charge >= 0.3 is 0 Å². The molecule has 138 valence electrons. The van der Waals surface area contributed by atoms with Crippen LogP contribution < -0.4 is 5.32 Å². The van der Waals surface area contributed by atoms with E-state index in [-0.39, 0.29) is 0 Å². The third kappa shape index (κ3) is 5.47. The summed E-state index contributed by atoms with van der Waals surface area (Å²) in [6.45, 7) is 13.0. The number of nitrogens with zero attached hydrogens (tertiary/aromatic N) is 1. The molecule has 26 heavy (non-hydrogen) atoms. The molecule has 2 nitrogen and oxygen atoms in total. The minimum absolute atomic E-state index is 0.442. The summed E-state index contributed by atoms with van der Waals surface area (Å²) in [5, 5.41) is 4.12. The minimum Gasteiger partial charge on any atom is -0.359 e. The van der Waals surface area contributed by atoms with Crippen LogP contribution in [0.2, 0.25) is 5.02 Å². The molecule has 2 aromatic carbocycles. The van der Waals surface area contributed by atoms with Crippen LogP contribution in [0.1, 0.15) is 64.5 Å². The summed E-state index contributed by atoms with van der Waals surface area (Å²) in [5.41, 5.74) is 6.76. The van der Waals surface area contributed by atoms with E-state index in [9.17, 15) is 0 Å². The third-order valence-corrected chi connectivity index (χ3v) is 4.49. The molecule has 3 heteroatoms. The molecule has 0 atom stereocenters. The van der Waals surface area contributed by atoms with E-state index >= 15 is 0 Å². The molecule has 0 bridgehead atoms. The number of hydrogen-bond acceptors (Lipinski definition) is 2. The van der Waals surface area contributed by atoms with Crippen LogP contribution in [0, 0.1) is 0 Å². The molecule has 0 spiro atoms. The third-order valence-electron chi connectivity index (χ3n) is 4.24. The van der Waals surface area contributed by atoms with Gasteiger partial charge in [-0.3, -0.25) is 4.99 Å². The van der Waals surface area contributed by atoms with Crippen LogP contribution >= 0.6 is 11.6 Å². The second kappa shape index (κ2) is 9.05. The molecule has 0 fully saturated rings. The van der Waals surface area contributed by atoms with E-state index in [0.717, 1.165) is 27.8 Å². The number of anilines is 1. The summed E-state index contributed by atoms with van der Waals surface area (Å²) in [5.74, 6) is 0.884. The second-order valence-electron chi connectivity index (χ2n) is 7.31. The number of allylic oxidation sites excluding steroid dienone is 2. The number of benzene rings is 2. The highest BCUT2D eigenvalue weighted by atomic mass is 35.5. The Kier molecular flexibility index (Phi) is 7.05. The maximum atomic E-state index is 5.94. The average Bonchev–Trinajstić information content (AvgIpc) is 2.56. The SMILES string of the molecule is CC(/C=C(/C)Nc1ccc(Cl)cc1)=Nc1c(C(C)C)cccc1C(C)C. The van der Waals surface area contributed by atoms with E-state index in [1.165, 1.54) is 11.1 Å². The van der Waals surface area contributed by atoms with Crippen molar-refractivity contribution in [2.75, 3.05) is 5.32 Å². The first-order chi connectivity index (χ1) is 12.3. The van der Waals surface area contributed by atoms with E-state index in [1.54, 1.807) is 0 Å². The van der Waals surface area contributed by atoms with E-state index in [2.05, 4.69) is 57.3 Å². The number of para-hydroxylation sites is 1. The Hall–Kier alpha value is -2.06. The summed E-state index contributed by atoms with van der Waals surface area (Å²) in [6.07, 6.45) is 2.08. The van der Waals surface area contributed by atoms with Crippen LogP contribution in [0.5, 0.6) is 0 Å². The fraction of sp³-hybridized carbons (Fsp3) is 0.348. The van der Waals surface area contributed by atoms with Crippen LogP contribution in [0.3, 0.4) is 0 Å². The number of halogens is 1. The number of nitrogens with one attached hydrogen (secondary N) is 1. The largest absolute Gasteiger partial charge is 0.359 e. The lowest BCUT2D eigenvalue weighted by molar-refractivity contribution is 0.834. The van der Waals surface area contributed by atoms with Crippen LogP contribution in [0.4, 0.5) is 11.4 Å². The molecule has 0 radical (unpaired) electrons. The molecular formula is C23H29ClN2. The van der Waals surface area contributed by atoms with Gasteiger partial charge in [0.05, 0.1) is 5.69 Å². The van der Waals surface area contributed by atoms with Crippen molar-refractivity contribution in [1.82, 2.24) is 0 Å². The Labute approximate surface area is 163 Å². The molecule has 0 aliphatic rings. The molecule has 0 amide bonds. The summed E-state index contributed by atoms with van der Waals surface area (Å²) < 4.78 is 0. The normalized spacial score (nSPS) is 12.8. The van der Waals surface area contributed by atoms with Gasteiger partial charge < -0.3 is 5.32 Å². The second-order valence-corrected chi connectivity index (χ2v) is 7.74. The number of rotatable bonds is 6. The molecule has 0 saturated carbocycles. The van der Waals surface area contributed by atoms with Gasteiger partial charge in [-0.1, -0.05) is 57.5 Å². The Morgan fingerprint density at radius 2 is 1.46 bits per heavy atom. The molecule has 0 aromatic heterocycles. The topological polar surface area (TPSA) is 24.4 Å². The fourth-order valence-electron chi connectivity index (χ4n) is 2.96. The molecule has 0 unspecified atom stereocenters. The van der Waals surface area contributed by atoms with Crippen LogP contribution in [0.25, 0.3) is 0 Å². The van der Waals surface area contributed by atoms with E-state index in [0.29, 0.717) is 11.8 Å². The first-order valence-corrected chi connectivity index (χ1v) is 9.54. The molecular weight excluding hydrogens is 340 g/mol. The molecule has 0 saturated heterocycles. The first kappa shape index (κ1) is 20.3. The maximum Gasteiger partial charge on any atom is 0.0701 e. The van der Waals surface area contributed by atoms with Crippen molar-refractivity contribution in [2.45, 2.75) is 53.4 Å². The van der Waals surface area contributed by atoms with Crippen molar-refractivity contribution in [2.24, 2.45) is 4.99 Å². The standard InChI is InChI=1S/C23H29ClN2/c1-15(2)21-8-7-9-22(16(3)4)23(21)26-18(6)14-17(5)25-20-12-10-19(24)11-13-20/h7-16,25H,1-6H3/b17-14-,26-18?. The van der Waals surface area contributed by atoms with Crippen LogP contribution in [-0.4, -0.2) is 5.71 Å². The molecule has 0 aliphatic carbocycles. The fourth-order valence-corrected chi connectivity index (χ4v) is 3.09. The summed E-state index contributed by atoms with van der Waals surface area (Å²) in [4.78, 5) is 4.98. The highest BCUT2D eigenvalue weighted by Gasteiger charge is 2.13. The minimum atomic E-state index is 0.442. The van der Waals surface area contributed by atoms with E-state index < -0.39 is 0 Å². The van der Waals surface area contributed by atoms with Gasteiger partial charge in [0, 0.05) is 22.1 Å². The van der Waals surface area contributed by atoms with Gasteiger partial charge in [0.2, 0.25) is 0 Å². The Morgan fingerprint density at radius 1 is 0.923 bits per heavy atom. The van der Waals surface area contributed by atoms with Crippen molar-refractivity contribution < 1.29 is 0 Å². The molecule has 2 rings (SSSR count). The van der Waals surface area contributed by atoms with Gasteiger partial charge in [-0.2, -0.15) is 0 Å². The van der Waals surface area contributed by atoms with Crippen molar-refractivity contribution in [3.05, 3.63) is 70.4 Å². The summed E-state index contributed by atoms with van der Waals surface area (Å²) in [7, 11) is 0. The predicted molar refractivity (Wildman–Crippen MR) is 116 cm³/mol. The number of aliphatic imine (C=N–C) groups is 1. The van der Waals surface area contributed by atoms with Crippen molar-refractivity contribution in [1.29, 1.82) is 0 Å². The maximum absolute atomic E-state index is 5.94. The van der Waals surface area contributed by atoms with Crippen molar-refractivity contribution in [3.63, 3.8) is 0 Å². The quantitative estimate of drug-likeness (QED) is 0.519. The van der Waals surface area contributed by atoms with Gasteiger partial charge in [-0.05, 0) is 67.2 Å². The van der Waals surface area contributed by atoms with Crippen LogP contribution in [0.15, 0.2) is 59.2 Å². The molecule has 2 aromatic rings. The molecule has 0 aliphatic heterocycles. The Balaban J connectivity index is 2.32. The lowest BCUT2D eigenvalue weighted by Gasteiger charge is -2.17. The van der Waals surface area contributed by atoms with Crippen LogP contribution in [-0.2, 0) is 0 Å². The summed E-state index contributed by atoms with van der Waals surface area (Å²) in [6, 6.07) is 14.2. The zero-order chi connectivity index (χ0) is 19.3. The number of hydrogen-bond donors (Lipinski definition) is 1. The summed E-state index contributed by atoms with van der Waals surface area (Å²) >= 11 is 5.94. The molecule has 0 heterocycles. The van der Waals surface area contributed by atoms with Gasteiger partial charge in [-0.15, -0.1) is 0 Å². The lowest BCUT2D eigenvalue weighted by Crippen LogP contribution is -2.00. The highest BCUT2D eigenvalue weighted by Crippen LogP contribution is 2.34. The van der Waals surface area contributed by atoms with Gasteiger partial charge in [0.25, 0.3) is 0 Å². The van der Waals surface area contributed by atoms with Crippen molar-refractivity contribution in [3.8, 4) is 0 Å². The lowest BCUT2D eigenvalue weighted by atomic mass is 9.93. The van der Waals surface area contributed by atoms with Gasteiger partial charge in [0.1, 0.15) is 0 Å². The smallest absolute Gasteiger partial charge is 0.0701 e. The zero-order valence-electron chi connectivity index (χ0n) is 16.6. The van der Waals surface area contributed by atoms with E-state index in [4.69, 9.17) is 16.6 Å². The monoisotopic (exact) mass is 368 g/mol. The highest BCUT2D eigenvalue weighted by molar-refractivity contribution is 6.30. The predicted octanol–water partition coefficient (Wildman–Crippen LogP) is 7.70. The van der Waals surface area contributed by atoms with Gasteiger partial charge in [0.15, 0.2) is 0 Å². The Morgan fingerprint density at radius 3 is 1.96 bits per heavy atom. The molecule has 1 N–H and O–H groups in total. The van der Waals surface area contributed by atoms with Gasteiger partial charge in [-0.25, -0.2) is 0 Å².